The summed E-state index contributed by atoms with van der Waals surface area (Å²) in [5.41, 5.74) is 1.79. The van der Waals surface area contributed by atoms with Crippen molar-refractivity contribution >= 4 is 5.78 Å². The molecule has 0 radical (unpaired) electrons. The highest BCUT2D eigenvalue weighted by Gasteiger charge is 2.22. The van der Waals surface area contributed by atoms with Crippen LogP contribution in [0.4, 0.5) is 0 Å². The highest BCUT2D eigenvalue weighted by Crippen LogP contribution is 2.31. The zero-order valence-electron chi connectivity index (χ0n) is 10.8. The summed E-state index contributed by atoms with van der Waals surface area (Å²) in [5, 5.41) is 0. The summed E-state index contributed by atoms with van der Waals surface area (Å²) in [6.07, 6.45) is 11.9. The number of aryl methyl sites for hydroxylation is 1. The Balaban J connectivity index is 1.89. The van der Waals surface area contributed by atoms with Crippen LogP contribution in [0.15, 0.2) is 6.20 Å². The number of nitrogens with zero attached hydrogens (tertiary/aromatic N) is 2. The van der Waals surface area contributed by atoms with Crippen LogP contribution in [0.2, 0.25) is 0 Å². The molecule has 3 heteroatoms. The molecule has 0 unspecified atom stereocenters. The highest BCUT2D eigenvalue weighted by atomic mass is 16.1. The molecule has 0 N–H and O–H groups in total. The quantitative estimate of drug-likeness (QED) is 0.711. The summed E-state index contributed by atoms with van der Waals surface area (Å²) in [6, 6.07) is 0. The molecule has 1 aromatic rings. The van der Waals surface area contributed by atoms with E-state index in [9.17, 15) is 4.79 Å². The van der Waals surface area contributed by atoms with E-state index in [4.69, 9.17) is 4.98 Å². The third-order valence-corrected chi connectivity index (χ3v) is 4.22. The molecule has 2 aliphatic carbocycles. The minimum atomic E-state index is 0.234. The minimum absolute atomic E-state index is 0.234. The Morgan fingerprint density at radius 2 is 1.78 bits per heavy atom. The number of rotatable bonds is 1. The monoisotopic (exact) mass is 244 g/mol. The zero-order chi connectivity index (χ0) is 12.4. The van der Waals surface area contributed by atoms with E-state index in [0.29, 0.717) is 12.3 Å². The maximum atomic E-state index is 11.9. The maximum absolute atomic E-state index is 11.9. The Kier molecular flexibility index (Phi) is 3.39. The van der Waals surface area contributed by atoms with Crippen LogP contribution >= 0.6 is 0 Å². The number of carbonyl (C=O) groups excluding carboxylic acids is 1. The molecule has 1 heterocycles. The first kappa shape index (κ1) is 11.8. The van der Waals surface area contributed by atoms with Gasteiger partial charge in [0.1, 0.15) is 5.82 Å². The van der Waals surface area contributed by atoms with Gasteiger partial charge in [-0.2, -0.15) is 0 Å². The van der Waals surface area contributed by atoms with Gasteiger partial charge in [-0.15, -0.1) is 0 Å². The third kappa shape index (κ3) is 2.31. The van der Waals surface area contributed by atoms with Crippen molar-refractivity contribution in [3.63, 3.8) is 0 Å². The van der Waals surface area contributed by atoms with Crippen molar-refractivity contribution in [2.24, 2.45) is 0 Å². The van der Waals surface area contributed by atoms with Crippen LogP contribution < -0.4 is 0 Å². The smallest absolute Gasteiger partial charge is 0.166 e. The Labute approximate surface area is 108 Å². The van der Waals surface area contributed by atoms with E-state index in [1.54, 1.807) is 6.20 Å². The first-order valence-electron chi connectivity index (χ1n) is 7.23. The van der Waals surface area contributed by atoms with Crippen molar-refractivity contribution in [1.29, 1.82) is 0 Å². The van der Waals surface area contributed by atoms with Gasteiger partial charge in [-0.25, -0.2) is 9.97 Å². The predicted octanol–water partition coefficient (Wildman–Crippen LogP) is 3.43. The zero-order valence-corrected chi connectivity index (χ0v) is 10.8. The molecule has 1 aromatic heterocycles. The minimum Gasteiger partial charge on any atom is -0.294 e. The summed E-state index contributed by atoms with van der Waals surface area (Å²) in [7, 11) is 0. The van der Waals surface area contributed by atoms with E-state index in [-0.39, 0.29) is 5.78 Å². The molecule has 96 valence electrons. The number of hydrogen-bond acceptors (Lipinski definition) is 3. The molecule has 1 fully saturated rings. The van der Waals surface area contributed by atoms with E-state index >= 15 is 0 Å². The van der Waals surface area contributed by atoms with Gasteiger partial charge in [-0.1, -0.05) is 19.3 Å². The van der Waals surface area contributed by atoms with Crippen LogP contribution in [-0.2, 0) is 6.42 Å². The first-order chi connectivity index (χ1) is 8.84. The molecule has 0 spiro atoms. The van der Waals surface area contributed by atoms with E-state index < -0.39 is 0 Å². The first-order valence-corrected chi connectivity index (χ1v) is 7.23. The summed E-state index contributed by atoms with van der Waals surface area (Å²) in [5.74, 6) is 1.75. The molecule has 3 rings (SSSR count). The van der Waals surface area contributed by atoms with Crippen LogP contribution in [0, 0.1) is 0 Å². The average Bonchev–Trinajstić information content (AvgIpc) is 2.61. The van der Waals surface area contributed by atoms with Crippen molar-refractivity contribution in [2.75, 3.05) is 0 Å². The highest BCUT2D eigenvalue weighted by molar-refractivity contribution is 5.97. The van der Waals surface area contributed by atoms with E-state index in [0.717, 1.165) is 36.3 Å². The lowest BCUT2D eigenvalue weighted by Crippen LogP contribution is -2.12. The molecule has 3 nitrogen and oxygen atoms in total. The van der Waals surface area contributed by atoms with Gasteiger partial charge in [0.15, 0.2) is 5.78 Å². The molecular weight excluding hydrogens is 224 g/mol. The topological polar surface area (TPSA) is 42.9 Å². The summed E-state index contributed by atoms with van der Waals surface area (Å²) in [6.45, 7) is 0. The van der Waals surface area contributed by atoms with Crippen molar-refractivity contribution < 1.29 is 4.79 Å². The Hall–Kier alpha value is -1.25. The Morgan fingerprint density at radius 1 is 1.00 bits per heavy atom. The third-order valence-electron chi connectivity index (χ3n) is 4.22. The molecule has 18 heavy (non-hydrogen) atoms. The molecule has 0 amide bonds. The van der Waals surface area contributed by atoms with E-state index in [1.165, 1.54) is 32.1 Å². The van der Waals surface area contributed by atoms with Crippen molar-refractivity contribution in [2.45, 2.75) is 63.7 Å². The second-order valence-corrected chi connectivity index (χ2v) is 5.55. The summed E-state index contributed by atoms with van der Waals surface area (Å²) in [4.78, 5) is 21.1. The number of hydrogen-bond donors (Lipinski definition) is 0. The van der Waals surface area contributed by atoms with Crippen LogP contribution in [0.5, 0.6) is 0 Å². The largest absolute Gasteiger partial charge is 0.294 e. The van der Waals surface area contributed by atoms with Gasteiger partial charge in [0.25, 0.3) is 0 Å². The lowest BCUT2D eigenvalue weighted by atomic mass is 9.88. The fourth-order valence-corrected chi connectivity index (χ4v) is 3.13. The average molecular weight is 244 g/mol. The standard InChI is InChI=1S/C15H20N2O/c18-14-9-5-4-8-13-12(14)10-16-15(17-13)11-6-2-1-3-7-11/h10-11H,1-9H2. The van der Waals surface area contributed by atoms with Crippen molar-refractivity contribution in [3.05, 3.63) is 23.3 Å². The SMILES string of the molecule is O=C1CCCCc2nc(C3CCCCC3)ncc21. The molecule has 0 atom stereocenters. The number of ketones is 1. The second kappa shape index (κ2) is 5.17. The van der Waals surface area contributed by atoms with E-state index in [1.807, 2.05) is 0 Å². The Bertz CT molecular complexity index is 450. The lowest BCUT2D eigenvalue weighted by molar-refractivity contribution is 0.0981. The van der Waals surface area contributed by atoms with Gasteiger partial charge in [0, 0.05) is 18.5 Å². The molecule has 0 aromatic carbocycles. The molecular formula is C15H20N2O. The van der Waals surface area contributed by atoms with Gasteiger partial charge in [-0.3, -0.25) is 4.79 Å². The van der Waals surface area contributed by atoms with Crippen LogP contribution in [-0.4, -0.2) is 15.8 Å². The van der Waals surface area contributed by atoms with Gasteiger partial charge in [-0.05, 0) is 32.1 Å². The molecule has 0 aliphatic heterocycles. The fourth-order valence-electron chi connectivity index (χ4n) is 3.13. The van der Waals surface area contributed by atoms with Crippen LogP contribution in [0.25, 0.3) is 0 Å². The van der Waals surface area contributed by atoms with Gasteiger partial charge >= 0.3 is 0 Å². The molecule has 1 saturated carbocycles. The predicted molar refractivity (Wildman–Crippen MR) is 69.7 cm³/mol. The number of fused-ring (bicyclic) bond motifs is 1. The van der Waals surface area contributed by atoms with Gasteiger partial charge in [0.2, 0.25) is 0 Å². The van der Waals surface area contributed by atoms with Crippen LogP contribution in [0.3, 0.4) is 0 Å². The summed E-state index contributed by atoms with van der Waals surface area (Å²) >= 11 is 0. The van der Waals surface area contributed by atoms with Crippen molar-refractivity contribution in [1.82, 2.24) is 9.97 Å². The molecule has 0 bridgehead atoms. The molecule has 2 aliphatic rings. The van der Waals surface area contributed by atoms with Gasteiger partial charge in [0.05, 0.1) is 11.3 Å². The molecule has 0 saturated heterocycles. The Morgan fingerprint density at radius 3 is 2.61 bits per heavy atom. The van der Waals surface area contributed by atoms with Crippen LogP contribution in [0.1, 0.15) is 79.2 Å². The second-order valence-electron chi connectivity index (χ2n) is 5.55. The summed E-state index contributed by atoms with van der Waals surface area (Å²) < 4.78 is 0. The number of aromatic nitrogens is 2. The van der Waals surface area contributed by atoms with Crippen molar-refractivity contribution in [3.8, 4) is 0 Å². The normalized spacial score (nSPS) is 21.4. The maximum Gasteiger partial charge on any atom is 0.166 e. The fraction of sp³-hybridized carbons (Fsp3) is 0.667. The number of Topliss-reactive ketones (excluding diaryl/α,β-unsaturated/α-hetero) is 1. The lowest BCUT2D eigenvalue weighted by Gasteiger charge is -2.20. The van der Waals surface area contributed by atoms with E-state index in [2.05, 4.69) is 4.98 Å². The number of carbonyl (C=O) groups is 1. The van der Waals surface area contributed by atoms with Gasteiger partial charge < -0.3 is 0 Å².